The molecule has 0 spiro atoms. The minimum atomic E-state index is -3.46. The maximum absolute atomic E-state index is 12.6. The minimum Gasteiger partial charge on any atom is -0.324 e. The number of rotatable bonds is 4. The molecular weight excluding hydrogens is 302 g/mol. The molecule has 2 N–H and O–H groups in total. The lowest BCUT2D eigenvalue weighted by molar-refractivity contribution is 0.360. The van der Waals surface area contributed by atoms with Crippen LogP contribution in [0.4, 0.5) is 11.6 Å². The van der Waals surface area contributed by atoms with Gasteiger partial charge >= 0.3 is 0 Å². The zero-order valence-corrected chi connectivity index (χ0v) is 12.8. The van der Waals surface area contributed by atoms with Gasteiger partial charge < -0.3 is 10.6 Å². The Morgan fingerprint density at radius 1 is 1.09 bits per heavy atom. The van der Waals surface area contributed by atoms with Crippen LogP contribution < -0.4 is 10.6 Å². The summed E-state index contributed by atoms with van der Waals surface area (Å²) in [5.74, 6) is 0.430. The summed E-state index contributed by atoms with van der Waals surface area (Å²) < 4.78 is 26.8. The second-order valence-corrected chi connectivity index (χ2v) is 6.82. The third-order valence-electron chi connectivity index (χ3n) is 3.37. The summed E-state index contributed by atoms with van der Waals surface area (Å²) in [5.41, 5.74) is 0.641. The molecule has 1 saturated heterocycles. The molecule has 0 aliphatic carbocycles. The first-order valence-corrected chi connectivity index (χ1v) is 8.45. The number of anilines is 2. The van der Waals surface area contributed by atoms with Gasteiger partial charge in [-0.15, -0.1) is 0 Å². The number of nitrogens with zero attached hydrogens (tertiary/aromatic N) is 3. The van der Waals surface area contributed by atoms with Crippen molar-refractivity contribution < 1.29 is 8.42 Å². The van der Waals surface area contributed by atoms with E-state index in [0.717, 1.165) is 0 Å². The Kier molecular flexibility index (Phi) is 4.32. The highest BCUT2D eigenvalue weighted by atomic mass is 32.2. The molecule has 0 amide bonds. The summed E-state index contributed by atoms with van der Waals surface area (Å²) in [7, 11) is -3.46. The van der Waals surface area contributed by atoms with Crippen molar-refractivity contribution in [1.29, 1.82) is 0 Å². The molecular formula is C14H17N5O2S. The molecule has 116 valence electrons. The van der Waals surface area contributed by atoms with Gasteiger partial charge in [0, 0.05) is 44.3 Å². The zero-order chi connectivity index (χ0) is 15.4. The van der Waals surface area contributed by atoms with Crippen LogP contribution in [0.5, 0.6) is 0 Å². The van der Waals surface area contributed by atoms with Crippen LogP contribution in [0.2, 0.25) is 0 Å². The molecule has 2 aromatic rings. The average molecular weight is 319 g/mol. The van der Waals surface area contributed by atoms with E-state index in [4.69, 9.17) is 0 Å². The van der Waals surface area contributed by atoms with E-state index in [1.807, 2.05) is 0 Å². The predicted molar refractivity (Wildman–Crippen MR) is 83.4 cm³/mol. The normalized spacial score (nSPS) is 16.4. The second-order valence-electron chi connectivity index (χ2n) is 4.88. The summed E-state index contributed by atoms with van der Waals surface area (Å²) >= 11 is 0. The molecule has 1 aromatic heterocycles. The quantitative estimate of drug-likeness (QED) is 0.867. The summed E-state index contributed by atoms with van der Waals surface area (Å²) in [5, 5.41) is 6.15. The minimum absolute atomic E-state index is 0.273. The number of aromatic nitrogens is 2. The fraction of sp³-hybridized carbons (Fsp3) is 0.286. The van der Waals surface area contributed by atoms with Crippen LogP contribution >= 0.6 is 0 Å². The van der Waals surface area contributed by atoms with Gasteiger partial charge in [0.15, 0.2) is 0 Å². The number of nitrogens with one attached hydrogen (secondary N) is 2. The Morgan fingerprint density at radius 3 is 2.55 bits per heavy atom. The molecule has 0 unspecified atom stereocenters. The lowest BCUT2D eigenvalue weighted by Crippen LogP contribution is -2.46. The molecule has 1 aliphatic heterocycles. The van der Waals surface area contributed by atoms with E-state index in [-0.39, 0.29) is 4.90 Å². The first-order chi connectivity index (χ1) is 10.7. The van der Waals surface area contributed by atoms with E-state index in [9.17, 15) is 8.42 Å². The van der Waals surface area contributed by atoms with Crippen molar-refractivity contribution in [2.45, 2.75) is 4.90 Å². The van der Waals surface area contributed by atoms with Gasteiger partial charge in [0.1, 0.15) is 0 Å². The van der Waals surface area contributed by atoms with E-state index in [0.29, 0.717) is 37.8 Å². The number of piperazine rings is 1. The van der Waals surface area contributed by atoms with E-state index in [1.165, 1.54) is 4.31 Å². The number of hydrogen-bond acceptors (Lipinski definition) is 6. The Hall–Kier alpha value is -2.03. The van der Waals surface area contributed by atoms with Crippen LogP contribution in [0, 0.1) is 0 Å². The predicted octanol–water partition coefficient (Wildman–Crippen LogP) is 0.814. The Morgan fingerprint density at radius 2 is 1.82 bits per heavy atom. The molecule has 1 fully saturated rings. The molecule has 22 heavy (non-hydrogen) atoms. The highest BCUT2D eigenvalue weighted by Crippen LogP contribution is 2.21. The van der Waals surface area contributed by atoms with Crippen molar-refractivity contribution in [3.05, 3.63) is 42.7 Å². The fourth-order valence-corrected chi connectivity index (χ4v) is 3.75. The topological polar surface area (TPSA) is 87.2 Å². The van der Waals surface area contributed by atoms with Gasteiger partial charge in [-0.05, 0) is 24.3 Å². The van der Waals surface area contributed by atoms with Gasteiger partial charge in [-0.1, -0.05) is 6.07 Å². The van der Waals surface area contributed by atoms with Crippen LogP contribution in [0.3, 0.4) is 0 Å². The standard InChI is InChI=1S/C14H17N5O2S/c20-22(21,19-9-7-15-8-10-19)13-4-1-3-12(11-13)18-14-16-5-2-6-17-14/h1-6,11,15H,7-10H2,(H,16,17,18). The fourth-order valence-electron chi connectivity index (χ4n) is 2.26. The lowest BCUT2D eigenvalue weighted by atomic mass is 10.3. The Labute approximate surface area is 129 Å². The molecule has 8 heteroatoms. The largest absolute Gasteiger partial charge is 0.324 e. The molecule has 3 rings (SSSR count). The van der Waals surface area contributed by atoms with Crippen molar-refractivity contribution in [2.24, 2.45) is 0 Å². The third kappa shape index (κ3) is 3.24. The Bertz CT molecular complexity index is 730. The number of hydrogen-bond donors (Lipinski definition) is 2. The molecule has 7 nitrogen and oxygen atoms in total. The van der Waals surface area contributed by atoms with Crippen LogP contribution in [-0.4, -0.2) is 48.9 Å². The first kappa shape index (κ1) is 14.9. The van der Waals surface area contributed by atoms with Crippen LogP contribution in [0.25, 0.3) is 0 Å². The van der Waals surface area contributed by atoms with Crippen molar-refractivity contribution in [1.82, 2.24) is 19.6 Å². The third-order valence-corrected chi connectivity index (χ3v) is 5.26. The second kappa shape index (κ2) is 6.39. The number of sulfonamides is 1. The molecule has 2 heterocycles. The maximum atomic E-state index is 12.6. The van der Waals surface area contributed by atoms with Gasteiger partial charge in [-0.2, -0.15) is 4.31 Å². The van der Waals surface area contributed by atoms with Crippen LogP contribution in [0.1, 0.15) is 0 Å². The van der Waals surface area contributed by atoms with E-state index in [1.54, 1.807) is 42.7 Å². The Balaban J connectivity index is 1.84. The van der Waals surface area contributed by atoms with Gasteiger partial charge in [0.05, 0.1) is 4.90 Å². The van der Waals surface area contributed by atoms with Crippen LogP contribution in [-0.2, 0) is 10.0 Å². The summed E-state index contributed by atoms with van der Waals surface area (Å²) in [4.78, 5) is 8.40. The number of benzene rings is 1. The molecule has 0 radical (unpaired) electrons. The summed E-state index contributed by atoms with van der Waals surface area (Å²) in [6.07, 6.45) is 3.24. The monoisotopic (exact) mass is 319 g/mol. The smallest absolute Gasteiger partial charge is 0.243 e. The van der Waals surface area contributed by atoms with Gasteiger partial charge in [0.25, 0.3) is 0 Å². The van der Waals surface area contributed by atoms with Crippen molar-refractivity contribution in [2.75, 3.05) is 31.5 Å². The summed E-state index contributed by atoms with van der Waals surface area (Å²) in [6.45, 7) is 2.33. The van der Waals surface area contributed by atoms with E-state index in [2.05, 4.69) is 20.6 Å². The molecule has 0 saturated carbocycles. The van der Waals surface area contributed by atoms with Gasteiger partial charge in [0.2, 0.25) is 16.0 Å². The first-order valence-electron chi connectivity index (χ1n) is 7.01. The van der Waals surface area contributed by atoms with Crippen molar-refractivity contribution in [3.63, 3.8) is 0 Å². The molecule has 0 bridgehead atoms. The highest BCUT2D eigenvalue weighted by molar-refractivity contribution is 7.89. The van der Waals surface area contributed by atoms with Gasteiger partial charge in [-0.3, -0.25) is 0 Å². The maximum Gasteiger partial charge on any atom is 0.243 e. The lowest BCUT2D eigenvalue weighted by Gasteiger charge is -2.26. The zero-order valence-electron chi connectivity index (χ0n) is 11.9. The van der Waals surface area contributed by atoms with Crippen molar-refractivity contribution in [3.8, 4) is 0 Å². The summed E-state index contributed by atoms with van der Waals surface area (Å²) in [6, 6.07) is 8.42. The van der Waals surface area contributed by atoms with Crippen LogP contribution in [0.15, 0.2) is 47.6 Å². The van der Waals surface area contributed by atoms with E-state index < -0.39 is 10.0 Å². The van der Waals surface area contributed by atoms with Crippen molar-refractivity contribution >= 4 is 21.7 Å². The highest BCUT2D eigenvalue weighted by Gasteiger charge is 2.25. The molecule has 1 aromatic carbocycles. The SMILES string of the molecule is O=S(=O)(c1cccc(Nc2ncccn2)c1)N1CCNCC1. The van der Waals surface area contributed by atoms with Gasteiger partial charge in [-0.25, -0.2) is 18.4 Å². The average Bonchev–Trinajstić information content (AvgIpc) is 2.57. The van der Waals surface area contributed by atoms with E-state index >= 15 is 0 Å². The molecule has 1 aliphatic rings. The molecule has 0 atom stereocenters.